The molecule has 2 N–H and O–H groups in total. The summed E-state index contributed by atoms with van der Waals surface area (Å²) in [6, 6.07) is 1.60. The summed E-state index contributed by atoms with van der Waals surface area (Å²) in [7, 11) is 0. The molecule has 1 heterocycles. The minimum absolute atomic E-state index is 0.799. The van der Waals surface area contributed by atoms with Crippen molar-refractivity contribution < 1.29 is 0 Å². The summed E-state index contributed by atoms with van der Waals surface area (Å²) in [6.07, 6.45) is 10.8. The summed E-state index contributed by atoms with van der Waals surface area (Å²) in [6.45, 7) is 9.25. The van der Waals surface area contributed by atoms with Gasteiger partial charge in [0.25, 0.3) is 0 Å². The van der Waals surface area contributed by atoms with Gasteiger partial charge in [0.1, 0.15) is 0 Å². The minimum atomic E-state index is 0.799. The molecule has 0 spiro atoms. The van der Waals surface area contributed by atoms with Crippen LogP contribution in [0.25, 0.3) is 0 Å². The summed E-state index contributed by atoms with van der Waals surface area (Å²) in [5, 5.41) is 0. The Labute approximate surface area is 114 Å². The first-order valence-corrected chi connectivity index (χ1v) is 8.14. The van der Waals surface area contributed by atoms with E-state index < -0.39 is 0 Å². The SMILES string of the molecule is CCCC(CCN)CCCN1[C@H](C)CCC[C@@H]1C. The van der Waals surface area contributed by atoms with Crippen molar-refractivity contribution >= 4 is 0 Å². The molecule has 1 unspecified atom stereocenters. The summed E-state index contributed by atoms with van der Waals surface area (Å²) in [5.74, 6) is 0.871. The van der Waals surface area contributed by atoms with Gasteiger partial charge in [-0.15, -0.1) is 0 Å². The van der Waals surface area contributed by atoms with Gasteiger partial charge < -0.3 is 5.73 Å². The van der Waals surface area contributed by atoms with E-state index >= 15 is 0 Å². The lowest BCUT2D eigenvalue weighted by atomic mass is 9.93. The standard InChI is InChI=1S/C16H34N2/c1-4-7-16(11-12-17)10-6-13-18-14(2)8-5-9-15(18)3/h14-16H,4-13,17H2,1-3H3/t14-,15+,16?. The van der Waals surface area contributed by atoms with Gasteiger partial charge in [-0.1, -0.05) is 26.2 Å². The van der Waals surface area contributed by atoms with Gasteiger partial charge in [0.2, 0.25) is 0 Å². The molecule has 1 saturated heterocycles. The van der Waals surface area contributed by atoms with Crippen molar-refractivity contribution in [2.45, 2.75) is 84.2 Å². The van der Waals surface area contributed by atoms with Crippen LogP contribution in [0.4, 0.5) is 0 Å². The molecule has 0 amide bonds. The Kier molecular flexibility index (Phi) is 7.92. The second kappa shape index (κ2) is 8.92. The zero-order valence-electron chi connectivity index (χ0n) is 12.8. The van der Waals surface area contributed by atoms with Crippen LogP contribution >= 0.6 is 0 Å². The van der Waals surface area contributed by atoms with Crippen LogP contribution in [-0.4, -0.2) is 30.1 Å². The molecule has 1 aliphatic rings. The summed E-state index contributed by atoms with van der Waals surface area (Å²) in [4.78, 5) is 2.73. The molecular weight excluding hydrogens is 220 g/mol. The molecule has 1 rings (SSSR count). The van der Waals surface area contributed by atoms with Crippen molar-refractivity contribution in [3.05, 3.63) is 0 Å². The van der Waals surface area contributed by atoms with E-state index in [-0.39, 0.29) is 0 Å². The lowest BCUT2D eigenvalue weighted by Crippen LogP contribution is -2.44. The van der Waals surface area contributed by atoms with Crippen LogP contribution in [0.1, 0.15) is 72.1 Å². The summed E-state index contributed by atoms with van der Waals surface area (Å²) in [5.41, 5.74) is 5.71. The van der Waals surface area contributed by atoms with Crippen molar-refractivity contribution in [3.8, 4) is 0 Å². The van der Waals surface area contributed by atoms with Crippen LogP contribution < -0.4 is 5.73 Å². The van der Waals surface area contributed by atoms with Gasteiger partial charge in [-0.25, -0.2) is 0 Å². The Morgan fingerprint density at radius 1 is 1.11 bits per heavy atom. The van der Waals surface area contributed by atoms with Crippen molar-refractivity contribution in [2.24, 2.45) is 11.7 Å². The van der Waals surface area contributed by atoms with Gasteiger partial charge in [-0.3, -0.25) is 4.90 Å². The first-order valence-electron chi connectivity index (χ1n) is 8.14. The number of likely N-dealkylation sites (tertiary alicyclic amines) is 1. The Balaban J connectivity index is 2.25. The van der Waals surface area contributed by atoms with E-state index in [1.165, 1.54) is 57.9 Å². The molecule has 0 radical (unpaired) electrons. The smallest absolute Gasteiger partial charge is 0.00697 e. The molecule has 2 heteroatoms. The fourth-order valence-corrected chi connectivity index (χ4v) is 3.56. The van der Waals surface area contributed by atoms with Gasteiger partial charge in [-0.2, -0.15) is 0 Å². The van der Waals surface area contributed by atoms with Gasteiger partial charge in [0.05, 0.1) is 0 Å². The maximum atomic E-state index is 5.71. The van der Waals surface area contributed by atoms with E-state index in [4.69, 9.17) is 5.73 Å². The van der Waals surface area contributed by atoms with Crippen molar-refractivity contribution in [2.75, 3.05) is 13.1 Å². The van der Waals surface area contributed by atoms with Gasteiger partial charge in [-0.05, 0) is 65.0 Å². The highest BCUT2D eigenvalue weighted by molar-refractivity contribution is 4.79. The number of piperidine rings is 1. The highest BCUT2D eigenvalue weighted by atomic mass is 15.2. The highest BCUT2D eigenvalue weighted by Gasteiger charge is 2.23. The van der Waals surface area contributed by atoms with Gasteiger partial charge in [0.15, 0.2) is 0 Å². The zero-order chi connectivity index (χ0) is 13.4. The number of nitrogens with two attached hydrogens (primary N) is 1. The predicted octanol–water partition coefficient (Wildman–Crippen LogP) is 3.79. The molecule has 108 valence electrons. The third-order valence-corrected chi connectivity index (χ3v) is 4.68. The van der Waals surface area contributed by atoms with Crippen LogP contribution in [0.3, 0.4) is 0 Å². The molecule has 1 fully saturated rings. The van der Waals surface area contributed by atoms with Crippen LogP contribution in [0, 0.1) is 5.92 Å². The normalized spacial score (nSPS) is 27.3. The molecule has 1 aliphatic heterocycles. The molecule has 3 atom stereocenters. The molecule has 0 aromatic heterocycles. The Morgan fingerprint density at radius 2 is 1.78 bits per heavy atom. The van der Waals surface area contributed by atoms with Gasteiger partial charge in [0, 0.05) is 12.1 Å². The largest absolute Gasteiger partial charge is 0.330 e. The van der Waals surface area contributed by atoms with E-state index in [9.17, 15) is 0 Å². The van der Waals surface area contributed by atoms with E-state index in [0.29, 0.717) is 0 Å². The lowest BCUT2D eigenvalue weighted by molar-refractivity contribution is 0.0992. The van der Waals surface area contributed by atoms with E-state index in [1.807, 2.05) is 0 Å². The Bertz CT molecular complexity index is 189. The molecule has 0 aromatic carbocycles. The second-order valence-corrected chi connectivity index (χ2v) is 6.24. The molecule has 0 bridgehead atoms. The number of nitrogens with zero attached hydrogens (tertiary/aromatic N) is 1. The average molecular weight is 254 g/mol. The molecule has 0 saturated carbocycles. The predicted molar refractivity (Wildman–Crippen MR) is 80.8 cm³/mol. The molecule has 2 nitrogen and oxygen atoms in total. The number of hydrogen-bond acceptors (Lipinski definition) is 2. The number of hydrogen-bond donors (Lipinski definition) is 1. The van der Waals surface area contributed by atoms with Crippen LogP contribution in [0.2, 0.25) is 0 Å². The second-order valence-electron chi connectivity index (χ2n) is 6.24. The van der Waals surface area contributed by atoms with E-state index in [1.54, 1.807) is 0 Å². The molecule has 0 aliphatic carbocycles. The van der Waals surface area contributed by atoms with Crippen molar-refractivity contribution in [1.82, 2.24) is 4.90 Å². The Morgan fingerprint density at radius 3 is 2.33 bits per heavy atom. The zero-order valence-corrected chi connectivity index (χ0v) is 12.8. The highest BCUT2D eigenvalue weighted by Crippen LogP contribution is 2.24. The van der Waals surface area contributed by atoms with E-state index in [2.05, 4.69) is 25.7 Å². The molecule has 18 heavy (non-hydrogen) atoms. The average Bonchev–Trinajstić information content (AvgIpc) is 2.33. The van der Waals surface area contributed by atoms with Crippen LogP contribution in [-0.2, 0) is 0 Å². The minimum Gasteiger partial charge on any atom is -0.330 e. The topological polar surface area (TPSA) is 29.3 Å². The van der Waals surface area contributed by atoms with Crippen LogP contribution in [0.5, 0.6) is 0 Å². The third kappa shape index (κ3) is 5.27. The first-order chi connectivity index (χ1) is 8.69. The van der Waals surface area contributed by atoms with Gasteiger partial charge >= 0.3 is 0 Å². The maximum absolute atomic E-state index is 5.71. The van der Waals surface area contributed by atoms with Crippen LogP contribution in [0.15, 0.2) is 0 Å². The maximum Gasteiger partial charge on any atom is 0.00697 e. The summed E-state index contributed by atoms with van der Waals surface area (Å²) < 4.78 is 0. The third-order valence-electron chi connectivity index (χ3n) is 4.68. The van der Waals surface area contributed by atoms with Crippen molar-refractivity contribution in [3.63, 3.8) is 0 Å². The quantitative estimate of drug-likeness (QED) is 0.714. The fourth-order valence-electron chi connectivity index (χ4n) is 3.56. The summed E-state index contributed by atoms with van der Waals surface area (Å²) >= 11 is 0. The fraction of sp³-hybridized carbons (Fsp3) is 1.00. The Hall–Kier alpha value is -0.0800. The molecule has 0 aromatic rings. The first kappa shape index (κ1) is 16.0. The van der Waals surface area contributed by atoms with Crippen molar-refractivity contribution in [1.29, 1.82) is 0 Å². The molecular formula is C16H34N2. The lowest BCUT2D eigenvalue weighted by Gasteiger charge is -2.39. The monoisotopic (exact) mass is 254 g/mol. The number of rotatable bonds is 8. The van der Waals surface area contributed by atoms with E-state index in [0.717, 1.165) is 24.5 Å².